The summed E-state index contributed by atoms with van der Waals surface area (Å²) < 4.78 is 14.6. The van der Waals surface area contributed by atoms with E-state index in [0.717, 1.165) is 62.8 Å². The fourth-order valence-electron chi connectivity index (χ4n) is 8.73. The summed E-state index contributed by atoms with van der Waals surface area (Å²) >= 11 is 2.48. The average Bonchev–Trinajstić information content (AvgIpc) is 3.76. The Morgan fingerprint density at radius 3 is 2.19 bits per heavy atom. The number of rotatable bonds is 6. The Morgan fingerprint density at radius 2 is 1.37 bits per heavy atom. The van der Waals surface area contributed by atoms with Crippen LogP contribution in [0.3, 0.4) is 0 Å². The minimum atomic E-state index is -0.208. The van der Waals surface area contributed by atoms with Crippen molar-refractivity contribution in [2.45, 2.75) is 58.8 Å². The van der Waals surface area contributed by atoms with E-state index >= 15 is 0 Å². The van der Waals surface area contributed by atoms with E-state index in [1.165, 1.54) is 50.2 Å². The van der Waals surface area contributed by atoms with Gasteiger partial charge in [0.25, 0.3) is 0 Å². The molecule has 0 unspecified atom stereocenters. The van der Waals surface area contributed by atoms with Gasteiger partial charge in [0.1, 0.15) is 0 Å². The van der Waals surface area contributed by atoms with Crippen LogP contribution in [0.5, 0.6) is 11.5 Å². The van der Waals surface area contributed by atoms with Gasteiger partial charge < -0.3 is 0 Å². The van der Waals surface area contributed by atoms with Crippen molar-refractivity contribution in [3.8, 4) is 23.0 Å². The zero-order valence-electron chi connectivity index (χ0n) is 32.5. The van der Waals surface area contributed by atoms with Gasteiger partial charge in [-0.2, -0.15) is 0 Å². The molecule has 2 aliphatic carbocycles. The second kappa shape index (κ2) is 14.0. The maximum atomic E-state index is 6.61. The third kappa shape index (κ3) is 6.11. The fraction of sp³-hybridized carbons (Fsp3) is 0.176. The van der Waals surface area contributed by atoms with Gasteiger partial charge in [-0.25, -0.2) is 0 Å². The molecular weight excluding hydrogens is 880 g/mol. The van der Waals surface area contributed by atoms with E-state index < -0.39 is 0 Å². The van der Waals surface area contributed by atoms with E-state index in [1.54, 1.807) is 0 Å². The second-order valence-electron chi connectivity index (χ2n) is 15.8. The van der Waals surface area contributed by atoms with E-state index in [1.807, 2.05) is 24.4 Å². The molecule has 284 valence electrons. The zero-order chi connectivity index (χ0) is 38.8. The Labute approximate surface area is 344 Å². The fourth-order valence-corrected chi connectivity index (χ4v) is 9.75. The Morgan fingerprint density at radius 1 is 0.649 bits per heavy atom. The molecule has 0 atom stereocenters. The van der Waals surface area contributed by atoms with Crippen LogP contribution in [-0.4, -0.2) is 18.5 Å². The van der Waals surface area contributed by atoms with Crippen molar-refractivity contribution in [1.82, 2.24) is 18.5 Å². The van der Waals surface area contributed by atoms with Crippen LogP contribution < -0.4 is 4.74 Å². The van der Waals surface area contributed by atoms with E-state index in [-0.39, 0.29) is 5.41 Å². The van der Waals surface area contributed by atoms with Crippen LogP contribution in [0.4, 0.5) is 0 Å². The molecule has 0 radical (unpaired) electrons. The molecule has 0 saturated carbocycles. The first-order valence-electron chi connectivity index (χ1n) is 19.7. The number of aromatic nitrogens is 4. The molecule has 4 aromatic heterocycles. The molecule has 6 heteroatoms. The first kappa shape index (κ1) is 35.6. The minimum absolute atomic E-state index is 0.208. The molecule has 0 N–H and O–H groups in total. The standard InChI is InChI=1S/C51H42N4O.Pt/c1-34-35(2)37-18-17-36(34)19-20-38-22-24-41(23-21-37)54-33-53(32-49(38)54)42-13-10-14-43(30-42)56-44-25-26-46-45-15-8-9-16-47(45)55(48(46)31-44)50-29-40(27-28-52-50)51(3,4)39-11-6-5-7-12-39;/h5-18,22,24-29,32H,19-21,23H2,1-4H3;/q-2;. The normalized spacial score (nSPS) is 13.1. The van der Waals surface area contributed by atoms with Crippen LogP contribution in [0.1, 0.15) is 58.5 Å². The number of pyridine rings is 2. The quantitative estimate of drug-likeness (QED) is 0.156. The predicted molar refractivity (Wildman–Crippen MR) is 226 cm³/mol. The van der Waals surface area contributed by atoms with Crippen LogP contribution in [0.2, 0.25) is 0 Å². The summed E-state index contributed by atoms with van der Waals surface area (Å²) in [5, 5.41) is 2.24. The number of imidazole rings is 1. The van der Waals surface area contributed by atoms with Crippen LogP contribution in [-0.2, 0) is 50.5 Å². The monoisotopic (exact) mass is 921 g/mol. The summed E-state index contributed by atoms with van der Waals surface area (Å²) in [4.78, 5) is 4.92. The van der Waals surface area contributed by atoms with Crippen molar-refractivity contribution < 1.29 is 24.1 Å². The third-order valence-electron chi connectivity index (χ3n) is 12.2. The van der Waals surface area contributed by atoms with Gasteiger partial charge in [-0.05, 0) is 17.2 Å². The number of fused-ring (bicyclic) bond motifs is 3. The molecule has 5 nitrogen and oxygen atoms in total. The van der Waals surface area contributed by atoms with Crippen molar-refractivity contribution in [3.05, 3.63) is 194 Å². The molecule has 4 bridgehead atoms. The summed E-state index contributed by atoms with van der Waals surface area (Å²) in [6, 6.07) is 50.4. The number of nitrogens with zero attached hydrogens (tertiary/aromatic N) is 4. The molecule has 5 aromatic carbocycles. The molecule has 9 aromatic rings. The van der Waals surface area contributed by atoms with Gasteiger partial charge in [0.2, 0.25) is 0 Å². The van der Waals surface area contributed by atoms with E-state index in [0.29, 0.717) is 11.5 Å². The van der Waals surface area contributed by atoms with E-state index in [2.05, 4.69) is 182 Å². The molecule has 0 spiro atoms. The molecule has 57 heavy (non-hydrogen) atoms. The number of hydrogen-bond donors (Lipinski definition) is 0. The van der Waals surface area contributed by atoms with E-state index in [4.69, 9.17) is 9.72 Å². The average molecular weight is 922 g/mol. The number of aryl methyl sites for hydroxylation is 4. The molecule has 6 heterocycles. The number of benzene rings is 5. The molecule has 2 aliphatic heterocycles. The van der Waals surface area contributed by atoms with Gasteiger partial charge in [-0.1, -0.05) is 56.3 Å². The van der Waals surface area contributed by atoms with Crippen LogP contribution in [0.25, 0.3) is 38.8 Å². The van der Waals surface area contributed by atoms with Crippen molar-refractivity contribution in [3.63, 3.8) is 0 Å². The Balaban J connectivity index is 1.02. The van der Waals surface area contributed by atoms with Crippen molar-refractivity contribution in [2.24, 2.45) is 0 Å². The molecular formula is C51H42N4OPt-2. The van der Waals surface area contributed by atoms with Crippen molar-refractivity contribution in [1.29, 1.82) is 0 Å². The summed E-state index contributed by atoms with van der Waals surface area (Å²) in [5.74, 6) is 2.10. The Bertz CT molecular complexity index is 3080. The summed E-state index contributed by atoms with van der Waals surface area (Å²) in [5.41, 5.74) is 14.8. The first-order chi connectivity index (χ1) is 27.7. The van der Waals surface area contributed by atoms with Crippen LogP contribution in [0.15, 0.2) is 134 Å². The van der Waals surface area contributed by atoms with Gasteiger partial charge in [-0.15, -0.1) is 0 Å². The maximum absolute atomic E-state index is 6.61. The van der Waals surface area contributed by atoms with Gasteiger partial charge in [0.05, 0.1) is 0 Å². The SMILES string of the molecule is Cc1c2ccc(c1C)CCc1ccc(c3cn(-c4[c-]c(Oc5[c-]c6c(cc5)c5ccccc5n6-c5cc(C(C)(C)c6ccccc6)ccn5)ccc4)[c](=[Pt])n13)CC2. The molecule has 13 rings (SSSR count). The Kier molecular flexibility index (Phi) is 8.75. The number of hydrogen-bond acceptors (Lipinski definition) is 2. The summed E-state index contributed by atoms with van der Waals surface area (Å²) in [6.45, 7) is 9.11. The van der Waals surface area contributed by atoms with Gasteiger partial charge in [-0.3, -0.25) is 0 Å². The van der Waals surface area contributed by atoms with E-state index in [9.17, 15) is 0 Å². The topological polar surface area (TPSA) is 36.4 Å². The zero-order valence-corrected chi connectivity index (χ0v) is 34.8. The van der Waals surface area contributed by atoms with Gasteiger partial charge in [0.15, 0.2) is 0 Å². The van der Waals surface area contributed by atoms with Crippen molar-refractivity contribution in [2.75, 3.05) is 0 Å². The third-order valence-corrected chi connectivity index (χ3v) is 13.3. The molecule has 0 amide bonds. The van der Waals surface area contributed by atoms with Gasteiger partial charge in [0, 0.05) is 11.6 Å². The van der Waals surface area contributed by atoms with Gasteiger partial charge >= 0.3 is 261 Å². The van der Waals surface area contributed by atoms with Crippen LogP contribution in [0, 0.1) is 29.8 Å². The Hall–Kier alpha value is -5.77. The van der Waals surface area contributed by atoms with Crippen molar-refractivity contribution >= 4 is 27.3 Å². The summed E-state index contributed by atoms with van der Waals surface area (Å²) in [7, 11) is 0. The molecule has 0 saturated heterocycles. The second-order valence-corrected chi connectivity index (χ2v) is 16.8. The molecule has 4 aliphatic rings. The number of ether oxygens (including phenoxy) is 1. The first-order valence-corrected chi connectivity index (χ1v) is 20.8. The molecule has 0 fully saturated rings. The number of para-hydroxylation sites is 1. The summed E-state index contributed by atoms with van der Waals surface area (Å²) in [6.07, 6.45) is 8.18. The van der Waals surface area contributed by atoms with Crippen LogP contribution >= 0.6 is 0 Å². The predicted octanol–water partition coefficient (Wildman–Crippen LogP) is 11.5.